The number of hydrogen-bond donors (Lipinski definition) is 1. The number of alkyl halides is 5. The first kappa shape index (κ1) is 23.7. The van der Waals surface area contributed by atoms with Crippen LogP contribution in [0.2, 0.25) is 5.02 Å². The highest BCUT2D eigenvalue weighted by atomic mass is 35.5. The number of carbonyl (C=O) groups is 2. The molecule has 1 unspecified atom stereocenters. The monoisotopic (exact) mass is 503 g/mol. The average Bonchev–Trinajstić information content (AvgIpc) is 3.07. The molecular formula is C20H15ClF5N5O3. The van der Waals surface area contributed by atoms with Crippen molar-refractivity contribution in [1.82, 2.24) is 19.3 Å². The maximum absolute atomic E-state index is 13.5. The Hall–Kier alpha value is -3.48. The fourth-order valence-electron chi connectivity index (χ4n) is 3.36. The fraction of sp³-hybridized carbons (Fsp3) is 0.300. The molecule has 3 aromatic rings. The number of carbonyl (C=O) groups excluding carboxylic acids is 2. The third kappa shape index (κ3) is 4.22. The number of halogens is 6. The SMILES string of the molecule is COC(=O)c1ccc(NC(=O)c2ncc(-c3cn(C4CC4(F)F)nc3C(F)(F)F)n2C)cc1Cl. The predicted octanol–water partition coefficient (Wildman–Crippen LogP) is 4.57. The Morgan fingerprint density at radius 3 is 2.53 bits per heavy atom. The van der Waals surface area contributed by atoms with Gasteiger partial charge in [0.2, 0.25) is 0 Å². The van der Waals surface area contributed by atoms with Crippen LogP contribution in [0.4, 0.5) is 27.6 Å². The molecule has 0 spiro atoms. The average molecular weight is 504 g/mol. The minimum Gasteiger partial charge on any atom is -0.465 e. The molecule has 1 aromatic carbocycles. The van der Waals surface area contributed by atoms with Gasteiger partial charge in [0.1, 0.15) is 6.04 Å². The molecule has 180 valence electrons. The van der Waals surface area contributed by atoms with Crippen LogP contribution in [-0.4, -0.2) is 44.2 Å². The molecule has 1 N–H and O–H groups in total. The van der Waals surface area contributed by atoms with E-state index in [1.165, 1.54) is 32.4 Å². The molecule has 34 heavy (non-hydrogen) atoms. The lowest BCUT2D eigenvalue weighted by atomic mass is 10.2. The van der Waals surface area contributed by atoms with Gasteiger partial charge in [-0.25, -0.2) is 18.6 Å². The summed E-state index contributed by atoms with van der Waals surface area (Å²) < 4.78 is 73.7. The van der Waals surface area contributed by atoms with E-state index < -0.39 is 47.7 Å². The summed E-state index contributed by atoms with van der Waals surface area (Å²) in [6.45, 7) is 0. The van der Waals surface area contributed by atoms with Crippen LogP contribution in [0.25, 0.3) is 11.3 Å². The van der Waals surface area contributed by atoms with Gasteiger partial charge in [0, 0.05) is 25.4 Å². The second-order valence-electron chi connectivity index (χ2n) is 7.52. The Bertz CT molecular complexity index is 1300. The van der Waals surface area contributed by atoms with Crippen LogP contribution >= 0.6 is 11.6 Å². The van der Waals surface area contributed by atoms with Crippen LogP contribution in [0, 0.1) is 0 Å². The number of nitrogens with one attached hydrogen (secondary N) is 1. The summed E-state index contributed by atoms with van der Waals surface area (Å²) in [6.07, 6.45) is -3.64. The van der Waals surface area contributed by atoms with E-state index in [0.717, 1.165) is 17.0 Å². The quantitative estimate of drug-likeness (QED) is 0.407. The van der Waals surface area contributed by atoms with Crippen molar-refractivity contribution < 1.29 is 36.3 Å². The maximum Gasteiger partial charge on any atom is 0.435 e. The molecular weight excluding hydrogens is 489 g/mol. The zero-order chi connectivity index (χ0) is 25.0. The zero-order valence-electron chi connectivity index (χ0n) is 17.5. The van der Waals surface area contributed by atoms with Crippen molar-refractivity contribution in [2.24, 2.45) is 7.05 Å². The number of methoxy groups -OCH3 is 1. The highest BCUT2D eigenvalue weighted by Gasteiger charge is 2.59. The van der Waals surface area contributed by atoms with Gasteiger partial charge in [-0.15, -0.1) is 0 Å². The first-order valence-corrected chi connectivity index (χ1v) is 9.96. The number of nitrogens with zero attached hydrogens (tertiary/aromatic N) is 4. The molecule has 1 atom stereocenters. The normalized spacial score (nSPS) is 16.9. The standard InChI is InChI=1S/C20H15ClF5N5O3/c1-30-13(11-8-31(14-6-19(14,22)23)29-15(11)20(24,25)26)7-27-16(30)17(32)28-9-3-4-10(12(21)5-9)18(33)34-2/h3-5,7-8,14H,6H2,1-2H3,(H,28,32). The van der Waals surface area contributed by atoms with E-state index in [1.54, 1.807) is 0 Å². The van der Waals surface area contributed by atoms with Crippen LogP contribution in [0.15, 0.2) is 30.6 Å². The van der Waals surface area contributed by atoms with Crippen LogP contribution in [0.5, 0.6) is 0 Å². The van der Waals surface area contributed by atoms with Gasteiger partial charge in [0.15, 0.2) is 11.5 Å². The molecule has 0 aliphatic heterocycles. The molecule has 4 rings (SSSR count). The number of ether oxygens (including phenoxy) is 1. The Kier molecular flexibility index (Phi) is 5.62. The summed E-state index contributed by atoms with van der Waals surface area (Å²) >= 11 is 6.02. The third-order valence-corrected chi connectivity index (χ3v) is 5.52. The molecule has 1 saturated carbocycles. The molecule has 2 heterocycles. The summed E-state index contributed by atoms with van der Waals surface area (Å²) in [7, 11) is 2.48. The van der Waals surface area contributed by atoms with Gasteiger partial charge in [-0.2, -0.15) is 18.3 Å². The Labute approximate surface area is 193 Å². The Balaban J connectivity index is 1.63. The largest absolute Gasteiger partial charge is 0.465 e. The molecule has 1 amide bonds. The summed E-state index contributed by atoms with van der Waals surface area (Å²) in [5, 5.41) is 5.82. The Morgan fingerprint density at radius 2 is 1.97 bits per heavy atom. The molecule has 8 nitrogen and oxygen atoms in total. The molecule has 0 bridgehead atoms. The number of aromatic nitrogens is 4. The number of anilines is 1. The summed E-state index contributed by atoms with van der Waals surface area (Å²) in [5.41, 5.74) is -1.75. The molecule has 14 heteroatoms. The van der Waals surface area contributed by atoms with Gasteiger partial charge in [-0.1, -0.05) is 11.6 Å². The Morgan fingerprint density at radius 1 is 1.29 bits per heavy atom. The van der Waals surface area contributed by atoms with Crippen molar-refractivity contribution in [2.75, 3.05) is 12.4 Å². The van der Waals surface area contributed by atoms with E-state index in [1.807, 2.05) is 0 Å². The van der Waals surface area contributed by atoms with Crippen molar-refractivity contribution in [2.45, 2.75) is 24.6 Å². The number of esters is 1. The number of imidazole rings is 1. The van der Waals surface area contributed by atoms with E-state index in [9.17, 15) is 31.5 Å². The fourth-order valence-corrected chi connectivity index (χ4v) is 3.62. The minimum absolute atomic E-state index is 0.00397. The predicted molar refractivity (Wildman–Crippen MR) is 109 cm³/mol. The van der Waals surface area contributed by atoms with Gasteiger partial charge < -0.3 is 14.6 Å². The molecule has 0 saturated heterocycles. The number of amides is 1. The van der Waals surface area contributed by atoms with Gasteiger partial charge in [-0.3, -0.25) is 9.48 Å². The minimum atomic E-state index is -4.92. The van der Waals surface area contributed by atoms with E-state index in [-0.39, 0.29) is 27.8 Å². The summed E-state index contributed by atoms with van der Waals surface area (Å²) in [5.74, 6) is -4.86. The van der Waals surface area contributed by atoms with E-state index in [4.69, 9.17) is 11.6 Å². The van der Waals surface area contributed by atoms with Gasteiger partial charge >= 0.3 is 12.1 Å². The van der Waals surface area contributed by atoms with Gasteiger partial charge in [0.05, 0.1) is 35.2 Å². The number of hydrogen-bond acceptors (Lipinski definition) is 5. The number of benzene rings is 1. The molecule has 0 radical (unpaired) electrons. The molecule has 2 aromatic heterocycles. The molecule has 1 aliphatic carbocycles. The summed E-state index contributed by atoms with van der Waals surface area (Å²) in [4.78, 5) is 28.2. The van der Waals surface area contributed by atoms with E-state index in [0.29, 0.717) is 4.68 Å². The molecule has 1 fully saturated rings. The lowest BCUT2D eigenvalue weighted by molar-refractivity contribution is -0.141. The van der Waals surface area contributed by atoms with Gasteiger partial charge in [0.25, 0.3) is 11.8 Å². The molecule has 1 aliphatic rings. The first-order valence-electron chi connectivity index (χ1n) is 9.59. The third-order valence-electron chi connectivity index (χ3n) is 5.21. The topological polar surface area (TPSA) is 91.0 Å². The second-order valence-corrected chi connectivity index (χ2v) is 7.92. The highest BCUT2D eigenvalue weighted by Crippen LogP contribution is 2.53. The van der Waals surface area contributed by atoms with Crippen molar-refractivity contribution >= 4 is 29.2 Å². The van der Waals surface area contributed by atoms with Crippen molar-refractivity contribution in [3.05, 3.63) is 52.7 Å². The van der Waals surface area contributed by atoms with Crippen LogP contribution in [-0.2, 0) is 18.0 Å². The summed E-state index contributed by atoms with van der Waals surface area (Å²) in [6, 6.07) is 2.53. The lowest BCUT2D eigenvalue weighted by Gasteiger charge is -2.09. The first-order chi connectivity index (χ1) is 15.8. The second kappa shape index (κ2) is 8.08. The van der Waals surface area contributed by atoms with Crippen molar-refractivity contribution in [3.63, 3.8) is 0 Å². The van der Waals surface area contributed by atoms with Crippen LogP contribution in [0.1, 0.15) is 39.1 Å². The van der Waals surface area contributed by atoms with E-state index >= 15 is 0 Å². The van der Waals surface area contributed by atoms with Crippen LogP contribution < -0.4 is 5.32 Å². The maximum atomic E-state index is 13.5. The lowest BCUT2D eigenvalue weighted by Crippen LogP contribution is -2.17. The van der Waals surface area contributed by atoms with Crippen molar-refractivity contribution in [1.29, 1.82) is 0 Å². The van der Waals surface area contributed by atoms with Crippen molar-refractivity contribution in [3.8, 4) is 11.3 Å². The number of rotatable bonds is 5. The van der Waals surface area contributed by atoms with Gasteiger partial charge in [-0.05, 0) is 18.2 Å². The zero-order valence-corrected chi connectivity index (χ0v) is 18.2. The smallest absolute Gasteiger partial charge is 0.435 e. The highest BCUT2D eigenvalue weighted by molar-refractivity contribution is 6.34. The van der Waals surface area contributed by atoms with E-state index in [2.05, 4.69) is 20.1 Å². The van der Waals surface area contributed by atoms with Crippen LogP contribution in [0.3, 0.4) is 0 Å².